The first-order valence-corrected chi connectivity index (χ1v) is 8.40. The van der Waals surface area contributed by atoms with Gasteiger partial charge in [-0.1, -0.05) is 12.1 Å². The molecule has 4 N–H and O–H groups in total. The van der Waals surface area contributed by atoms with Crippen LogP contribution in [0.1, 0.15) is 32.0 Å². The van der Waals surface area contributed by atoms with Crippen molar-refractivity contribution in [3.8, 4) is 0 Å². The molecule has 9 heteroatoms. The van der Waals surface area contributed by atoms with Crippen molar-refractivity contribution in [1.29, 1.82) is 0 Å². The van der Waals surface area contributed by atoms with Gasteiger partial charge in [-0.2, -0.15) is 0 Å². The lowest BCUT2D eigenvalue weighted by molar-refractivity contribution is 0.0843. The molecule has 126 valence electrons. The highest BCUT2D eigenvalue weighted by Gasteiger charge is 2.18. The predicted molar refractivity (Wildman–Crippen MR) is 86.5 cm³/mol. The van der Waals surface area contributed by atoms with E-state index in [-0.39, 0.29) is 16.2 Å². The molecule has 2 aromatic rings. The maximum absolute atomic E-state index is 12.2. The Balaban J connectivity index is 2.20. The number of primary sulfonamides is 1. The quantitative estimate of drug-likeness (QED) is 0.692. The number of hydrogen-bond acceptors (Lipinski definition) is 5. The van der Waals surface area contributed by atoms with E-state index in [9.17, 15) is 18.0 Å². The number of amides is 2. The zero-order valence-electron chi connectivity index (χ0n) is 13.0. The molecule has 0 saturated carbocycles. The number of rotatable bonds is 3. The Labute approximate surface area is 139 Å². The Morgan fingerprint density at radius 2 is 1.71 bits per heavy atom. The van der Waals surface area contributed by atoms with E-state index in [2.05, 4.69) is 15.8 Å². The number of sulfonamides is 1. The summed E-state index contributed by atoms with van der Waals surface area (Å²) in [4.78, 5) is 27.8. The molecule has 0 atom stereocenters. The summed E-state index contributed by atoms with van der Waals surface area (Å²) < 4.78 is 23.1. The van der Waals surface area contributed by atoms with Crippen LogP contribution in [-0.2, 0) is 10.0 Å². The van der Waals surface area contributed by atoms with Crippen molar-refractivity contribution in [2.45, 2.75) is 18.7 Å². The summed E-state index contributed by atoms with van der Waals surface area (Å²) >= 11 is 0. The van der Waals surface area contributed by atoms with Crippen LogP contribution in [0.25, 0.3) is 0 Å². The smallest absolute Gasteiger partial charge is 0.267 e. The standard InChI is InChI=1S/C15H16N4O4S/c1-9-7-10(2)13(24(16,22)23)8-11(9)14(20)18-19-15(21)12-5-3-4-6-17-12/h3-8H,1-2H3,(H,18,20)(H,19,21)(H2,16,22,23). The number of aromatic nitrogens is 1. The van der Waals surface area contributed by atoms with Gasteiger partial charge in [0.1, 0.15) is 5.69 Å². The van der Waals surface area contributed by atoms with E-state index in [0.29, 0.717) is 11.1 Å². The average molecular weight is 348 g/mol. The van der Waals surface area contributed by atoms with Crippen LogP contribution in [0, 0.1) is 13.8 Å². The fourth-order valence-electron chi connectivity index (χ4n) is 2.13. The minimum absolute atomic E-state index is 0.0888. The minimum Gasteiger partial charge on any atom is -0.267 e. The van der Waals surface area contributed by atoms with E-state index in [1.807, 2.05) is 0 Å². The molecule has 1 aromatic heterocycles. The number of nitrogens with one attached hydrogen (secondary N) is 2. The number of carbonyl (C=O) groups is 2. The second-order valence-corrected chi connectivity index (χ2v) is 6.63. The van der Waals surface area contributed by atoms with Crippen molar-refractivity contribution in [2.75, 3.05) is 0 Å². The monoisotopic (exact) mass is 348 g/mol. The highest BCUT2D eigenvalue weighted by Crippen LogP contribution is 2.19. The van der Waals surface area contributed by atoms with Gasteiger partial charge in [-0.05, 0) is 43.2 Å². The largest absolute Gasteiger partial charge is 0.288 e. The molecule has 0 bridgehead atoms. The Bertz CT molecular complexity index is 895. The molecule has 8 nitrogen and oxygen atoms in total. The van der Waals surface area contributed by atoms with Gasteiger partial charge in [0.05, 0.1) is 4.90 Å². The van der Waals surface area contributed by atoms with Gasteiger partial charge in [0, 0.05) is 11.8 Å². The molecule has 0 fully saturated rings. The fraction of sp³-hybridized carbons (Fsp3) is 0.133. The highest BCUT2D eigenvalue weighted by atomic mass is 32.2. The van der Waals surface area contributed by atoms with Gasteiger partial charge in [0.2, 0.25) is 10.0 Å². The molecule has 0 radical (unpaired) electrons. The van der Waals surface area contributed by atoms with Crippen LogP contribution in [0.3, 0.4) is 0 Å². The third kappa shape index (κ3) is 3.94. The molecule has 24 heavy (non-hydrogen) atoms. The van der Waals surface area contributed by atoms with Gasteiger partial charge in [0.15, 0.2) is 0 Å². The SMILES string of the molecule is Cc1cc(C)c(S(N)(=O)=O)cc1C(=O)NNC(=O)c1ccccn1. The summed E-state index contributed by atoms with van der Waals surface area (Å²) in [5, 5.41) is 5.14. The Kier molecular flexibility index (Phi) is 4.96. The maximum Gasteiger partial charge on any atom is 0.288 e. The molecule has 0 aliphatic rings. The van der Waals surface area contributed by atoms with Crippen LogP contribution < -0.4 is 16.0 Å². The highest BCUT2D eigenvalue weighted by molar-refractivity contribution is 7.89. The number of hydrazine groups is 1. The van der Waals surface area contributed by atoms with E-state index in [4.69, 9.17) is 5.14 Å². The third-order valence-corrected chi connectivity index (χ3v) is 4.31. The molecule has 0 unspecified atom stereocenters. The van der Waals surface area contributed by atoms with Crippen molar-refractivity contribution in [3.63, 3.8) is 0 Å². The summed E-state index contributed by atoms with van der Waals surface area (Å²) in [6.45, 7) is 3.23. The molecular formula is C15H16N4O4S. The van der Waals surface area contributed by atoms with Crippen molar-refractivity contribution >= 4 is 21.8 Å². The molecule has 0 aliphatic heterocycles. The van der Waals surface area contributed by atoms with Crippen LogP contribution in [0.2, 0.25) is 0 Å². The molecule has 2 amide bonds. The molecule has 1 aromatic carbocycles. The number of nitrogens with two attached hydrogens (primary N) is 1. The summed E-state index contributed by atoms with van der Waals surface area (Å²) in [7, 11) is -3.96. The normalized spacial score (nSPS) is 11.0. The second kappa shape index (κ2) is 6.77. The third-order valence-electron chi connectivity index (χ3n) is 3.26. The summed E-state index contributed by atoms with van der Waals surface area (Å²) in [5.74, 6) is -1.26. The molecule has 0 aliphatic carbocycles. The number of nitrogens with zero attached hydrogens (tertiary/aromatic N) is 1. The molecular weight excluding hydrogens is 332 g/mol. The first-order valence-electron chi connectivity index (χ1n) is 6.86. The second-order valence-electron chi connectivity index (χ2n) is 5.10. The topological polar surface area (TPSA) is 131 Å². The zero-order chi connectivity index (χ0) is 17.9. The molecule has 0 spiro atoms. The van der Waals surface area contributed by atoms with E-state index >= 15 is 0 Å². The van der Waals surface area contributed by atoms with Crippen LogP contribution in [0.5, 0.6) is 0 Å². The lowest BCUT2D eigenvalue weighted by Gasteiger charge is -2.12. The van der Waals surface area contributed by atoms with Gasteiger partial charge in [0.25, 0.3) is 11.8 Å². The summed E-state index contributed by atoms with van der Waals surface area (Å²) in [5.41, 5.74) is 5.63. The predicted octanol–water partition coefficient (Wildman–Crippen LogP) is 0.421. The minimum atomic E-state index is -3.96. The lowest BCUT2D eigenvalue weighted by Crippen LogP contribution is -2.42. The number of aryl methyl sites for hydroxylation is 2. The van der Waals surface area contributed by atoms with Crippen molar-refractivity contribution < 1.29 is 18.0 Å². The zero-order valence-corrected chi connectivity index (χ0v) is 13.8. The van der Waals surface area contributed by atoms with Crippen LogP contribution in [0.4, 0.5) is 0 Å². The first kappa shape index (κ1) is 17.6. The summed E-state index contributed by atoms with van der Waals surface area (Å²) in [6, 6.07) is 7.49. The summed E-state index contributed by atoms with van der Waals surface area (Å²) in [6.07, 6.45) is 1.44. The maximum atomic E-state index is 12.2. The van der Waals surface area contributed by atoms with Crippen LogP contribution >= 0.6 is 0 Å². The van der Waals surface area contributed by atoms with Gasteiger partial charge in [-0.25, -0.2) is 13.6 Å². The van der Waals surface area contributed by atoms with Crippen molar-refractivity contribution in [3.05, 3.63) is 58.9 Å². The average Bonchev–Trinajstić information content (AvgIpc) is 2.52. The Morgan fingerprint density at radius 3 is 2.29 bits per heavy atom. The van der Waals surface area contributed by atoms with Crippen LogP contribution in [0.15, 0.2) is 41.4 Å². The lowest BCUT2D eigenvalue weighted by atomic mass is 10.1. The van der Waals surface area contributed by atoms with Crippen molar-refractivity contribution in [2.24, 2.45) is 5.14 Å². The molecule has 2 rings (SSSR count). The number of hydrogen-bond donors (Lipinski definition) is 3. The van der Waals surface area contributed by atoms with Gasteiger partial charge in [-0.15, -0.1) is 0 Å². The van der Waals surface area contributed by atoms with Gasteiger partial charge >= 0.3 is 0 Å². The van der Waals surface area contributed by atoms with E-state index in [0.717, 1.165) is 0 Å². The first-order chi connectivity index (χ1) is 11.2. The Morgan fingerprint density at radius 1 is 1.04 bits per heavy atom. The van der Waals surface area contributed by atoms with E-state index < -0.39 is 21.8 Å². The van der Waals surface area contributed by atoms with E-state index in [1.165, 1.54) is 24.4 Å². The number of carbonyl (C=O) groups excluding carboxylic acids is 2. The van der Waals surface area contributed by atoms with Gasteiger partial charge in [-0.3, -0.25) is 25.4 Å². The van der Waals surface area contributed by atoms with Gasteiger partial charge < -0.3 is 0 Å². The Hall–Kier alpha value is -2.78. The fourth-order valence-corrected chi connectivity index (χ4v) is 2.92. The molecule has 0 saturated heterocycles. The molecule has 1 heterocycles. The number of benzene rings is 1. The number of pyridine rings is 1. The van der Waals surface area contributed by atoms with E-state index in [1.54, 1.807) is 26.0 Å². The van der Waals surface area contributed by atoms with Crippen LogP contribution in [-0.4, -0.2) is 25.2 Å². The van der Waals surface area contributed by atoms with Crippen molar-refractivity contribution in [1.82, 2.24) is 15.8 Å².